The monoisotopic (exact) mass is 472 g/mol. The Morgan fingerprint density at radius 2 is 1.88 bits per heavy atom. The number of rotatable bonds is 6. The maximum atomic E-state index is 13.0. The normalized spacial score (nSPS) is 22.1. The number of carbonyl (C=O) groups excluding carboxylic acids is 2. The Bertz CT molecular complexity index is 887. The van der Waals surface area contributed by atoms with Crippen molar-refractivity contribution in [2.24, 2.45) is 5.92 Å². The Kier molecular flexibility index (Phi) is 7.89. The Balaban J connectivity index is 1.39. The van der Waals surface area contributed by atoms with Gasteiger partial charge < -0.3 is 9.64 Å². The summed E-state index contributed by atoms with van der Waals surface area (Å²) in [4.78, 5) is 29.7. The highest BCUT2D eigenvalue weighted by molar-refractivity contribution is 8.26. The molecule has 7 heteroatoms. The van der Waals surface area contributed by atoms with Crippen molar-refractivity contribution < 1.29 is 14.3 Å². The second-order valence-electron chi connectivity index (χ2n) is 9.06. The Morgan fingerprint density at radius 1 is 1.16 bits per heavy atom. The van der Waals surface area contributed by atoms with Crippen LogP contribution in [-0.4, -0.2) is 51.7 Å². The highest BCUT2D eigenvalue weighted by Gasteiger charge is 2.33. The van der Waals surface area contributed by atoms with Crippen LogP contribution in [0.1, 0.15) is 63.9 Å². The zero-order valence-corrected chi connectivity index (χ0v) is 20.4. The number of hydrogen-bond acceptors (Lipinski definition) is 5. The fraction of sp³-hybridized carbons (Fsp3) is 0.560. The number of ether oxygens (including phenoxy) is 1. The van der Waals surface area contributed by atoms with E-state index in [0.717, 1.165) is 50.1 Å². The molecule has 3 aliphatic rings. The van der Waals surface area contributed by atoms with Crippen LogP contribution in [0.15, 0.2) is 29.2 Å². The van der Waals surface area contributed by atoms with E-state index >= 15 is 0 Å². The summed E-state index contributed by atoms with van der Waals surface area (Å²) < 4.78 is 6.80. The van der Waals surface area contributed by atoms with Gasteiger partial charge in [0.2, 0.25) is 5.91 Å². The minimum absolute atomic E-state index is 0.112. The molecule has 1 aromatic carbocycles. The molecule has 32 heavy (non-hydrogen) atoms. The van der Waals surface area contributed by atoms with E-state index < -0.39 is 0 Å². The van der Waals surface area contributed by atoms with E-state index in [4.69, 9.17) is 17.0 Å². The molecule has 172 valence electrons. The van der Waals surface area contributed by atoms with Crippen molar-refractivity contribution in [2.75, 3.05) is 19.6 Å². The Hall–Kier alpha value is -1.86. The van der Waals surface area contributed by atoms with Crippen molar-refractivity contribution in [3.05, 3.63) is 34.7 Å². The fourth-order valence-corrected chi connectivity index (χ4v) is 5.83. The lowest BCUT2D eigenvalue weighted by Crippen LogP contribution is -2.40. The molecule has 0 N–H and O–H groups in total. The summed E-state index contributed by atoms with van der Waals surface area (Å²) in [5.74, 6) is 1.49. The summed E-state index contributed by atoms with van der Waals surface area (Å²) in [5, 5.41) is 0. The van der Waals surface area contributed by atoms with Crippen LogP contribution >= 0.6 is 24.0 Å². The number of thiocarbonyl (C=S) groups is 1. The van der Waals surface area contributed by atoms with E-state index in [1.165, 1.54) is 31.0 Å². The van der Waals surface area contributed by atoms with Gasteiger partial charge in [-0.25, -0.2) is 0 Å². The lowest BCUT2D eigenvalue weighted by atomic mass is 9.97. The predicted octanol–water partition coefficient (Wildman–Crippen LogP) is 5.25. The van der Waals surface area contributed by atoms with Crippen molar-refractivity contribution in [3.63, 3.8) is 0 Å². The number of thioether (sulfide) groups is 1. The van der Waals surface area contributed by atoms with Crippen LogP contribution in [0.5, 0.6) is 5.75 Å². The van der Waals surface area contributed by atoms with Gasteiger partial charge in [0.15, 0.2) is 0 Å². The number of amides is 2. The Morgan fingerprint density at radius 3 is 2.62 bits per heavy atom. The van der Waals surface area contributed by atoms with Gasteiger partial charge in [0.05, 0.1) is 11.0 Å². The van der Waals surface area contributed by atoms with E-state index in [2.05, 4.69) is 6.92 Å². The summed E-state index contributed by atoms with van der Waals surface area (Å²) >= 11 is 6.78. The molecule has 0 aromatic heterocycles. The molecule has 3 fully saturated rings. The number of likely N-dealkylation sites (tertiary alicyclic amines) is 1. The van der Waals surface area contributed by atoms with E-state index in [1.54, 1.807) is 4.90 Å². The number of piperidine rings is 1. The summed E-state index contributed by atoms with van der Waals surface area (Å²) in [6.07, 6.45) is 10.4. The molecule has 5 nitrogen and oxygen atoms in total. The number of hydrogen-bond donors (Lipinski definition) is 0. The van der Waals surface area contributed by atoms with Gasteiger partial charge in [-0.3, -0.25) is 14.5 Å². The number of nitrogens with zero attached hydrogens (tertiary/aromatic N) is 2. The average molecular weight is 473 g/mol. The molecule has 1 aliphatic carbocycles. The summed E-state index contributed by atoms with van der Waals surface area (Å²) in [6, 6.07) is 7.87. The molecule has 0 radical (unpaired) electrons. The van der Waals surface area contributed by atoms with Crippen LogP contribution in [0.2, 0.25) is 0 Å². The fourth-order valence-electron chi connectivity index (χ4n) is 4.53. The third-order valence-electron chi connectivity index (χ3n) is 6.61. The topological polar surface area (TPSA) is 49.9 Å². The van der Waals surface area contributed by atoms with Crippen molar-refractivity contribution in [1.29, 1.82) is 0 Å². The average Bonchev–Trinajstić information content (AvgIpc) is 3.07. The zero-order chi connectivity index (χ0) is 22.5. The van der Waals surface area contributed by atoms with Gasteiger partial charge in [-0.15, -0.1) is 0 Å². The first-order chi connectivity index (χ1) is 15.5. The van der Waals surface area contributed by atoms with Crippen LogP contribution in [-0.2, 0) is 9.59 Å². The second-order valence-corrected chi connectivity index (χ2v) is 10.7. The molecule has 0 spiro atoms. The molecular formula is C25H32N2O3S2. The first kappa shape index (κ1) is 23.3. The first-order valence-electron chi connectivity index (χ1n) is 11.8. The SMILES string of the molecule is CC1CCN(C(=O)CCN2C(=O)/C(=C/c3ccccc3OC3CCCCC3)SC2=S)CC1. The minimum atomic E-state index is -0.118. The molecule has 2 aliphatic heterocycles. The number of carbonyl (C=O) groups is 2. The van der Waals surface area contributed by atoms with E-state index in [0.29, 0.717) is 28.1 Å². The summed E-state index contributed by atoms with van der Waals surface area (Å²) in [5.41, 5.74) is 0.900. The standard InChI is InChI=1S/C25H32N2O3S2/c1-18-11-14-26(15-12-18)23(28)13-16-27-24(29)22(32-25(27)31)17-19-7-5-6-10-21(19)30-20-8-3-2-4-9-20/h5-7,10,17-18,20H,2-4,8-9,11-16H2,1H3/b22-17-. The minimum Gasteiger partial charge on any atom is -0.490 e. The predicted molar refractivity (Wildman–Crippen MR) is 133 cm³/mol. The van der Waals surface area contributed by atoms with E-state index in [1.807, 2.05) is 35.2 Å². The van der Waals surface area contributed by atoms with Gasteiger partial charge in [0.25, 0.3) is 5.91 Å². The zero-order valence-electron chi connectivity index (χ0n) is 18.8. The molecule has 2 heterocycles. The smallest absolute Gasteiger partial charge is 0.266 e. The first-order valence-corrected chi connectivity index (χ1v) is 13.0. The second kappa shape index (κ2) is 10.8. The molecule has 2 saturated heterocycles. The molecule has 0 atom stereocenters. The summed E-state index contributed by atoms with van der Waals surface area (Å²) in [6.45, 7) is 4.20. The van der Waals surface area contributed by atoms with Crippen molar-refractivity contribution in [3.8, 4) is 5.75 Å². The van der Waals surface area contributed by atoms with Crippen LogP contribution in [0.4, 0.5) is 0 Å². The molecule has 1 saturated carbocycles. The quantitative estimate of drug-likeness (QED) is 0.418. The van der Waals surface area contributed by atoms with Crippen LogP contribution in [0.3, 0.4) is 0 Å². The highest BCUT2D eigenvalue weighted by Crippen LogP contribution is 2.35. The van der Waals surface area contributed by atoms with Crippen molar-refractivity contribution in [1.82, 2.24) is 9.80 Å². The van der Waals surface area contributed by atoms with Gasteiger partial charge in [0.1, 0.15) is 10.1 Å². The van der Waals surface area contributed by atoms with Crippen LogP contribution < -0.4 is 4.74 Å². The van der Waals surface area contributed by atoms with Crippen molar-refractivity contribution >= 4 is 46.2 Å². The molecular weight excluding hydrogens is 440 g/mol. The highest BCUT2D eigenvalue weighted by atomic mass is 32.2. The molecule has 0 unspecified atom stereocenters. The van der Waals surface area contributed by atoms with E-state index in [-0.39, 0.29) is 17.9 Å². The van der Waals surface area contributed by atoms with Gasteiger partial charge in [0, 0.05) is 31.6 Å². The van der Waals surface area contributed by atoms with Gasteiger partial charge in [-0.1, -0.05) is 55.5 Å². The largest absolute Gasteiger partial charge is 0.490 e. The van der Waals surface area contributed by atoms with Crippen molar-refractivity contribution in [2.45, 2.75) is 64.4 Å². The third-order valence-corrected chi connectivity index (χ3v) is 7.99. The van der Waals surface area contributed by atoms with Crippen LogP contribution in [0.25, 0.3) is 6.08 Å². The third kappa shape index (κ3) is 5.73. The molecule has 1 aromatic rings. The van der Waals surface area contributed by atoms with Crippen LogP contribution in [0, 0.1) is 5.92 Å². The summed E-state index contributed by atoms with van der Waals surface area (Å²) in [7, 11) is 0. The Labute approximate surface area is 200 Å². The maximum absolute atomic E-state index is 13.0. The lowest BCUT2D eigenvalue weighted by molar-refractivity contribution is -0.133. The lowest BCUT2D eigenvalue weighted by Gasteiger charge is -2.30. The molecule has 0 bridgehead atoms. The van der Waals surface area contributed by atoms with E-state index in [9.17, 15) is 9.59 Å². The van der Waals surface area contributed by atoms with Gasteiger partial charge in [-0.2, -0.15) is 0 Å². The maximum Gasteiger partial charge on any atom is 0.266 e. The van der Waals surface area contributed by atoms with Gasteiger partial charge >= 0.3 is 0 Å². The molecule has 4 rings (SSSR count). The van der Waals surface area contributed by atoms with Gasteiger partial charge in [-0.05, 0) is 56.6 Å². The number of benzene rings is 1. The molecule has 2 amide bonds. The number of para-hydroxylation sites is 1.